The Balaban J connectivity index is 2.05. The van der Waals surface area contributed by atoms with E-state index < -0.39 is 10.0 Å². The number of nitrogens with zero attached hydrogens (tertiary/aromatic N) is 3. The lowest BCUT2D eigenvalue weighted by atomic mass is 10.5. The number of carbonyl (C=O) groups is 1. The van der Waals surface area contributed by atoms with Crippen molar-refractivity contribution in [3.63, 3.8) is 0 Å². The highest BCUT2D eigenvalue weighted by Crippen LogP contribution is 2.18. The van der Waals surface area contributed by atoms with Crippen molar-refractivity contribution in [2.45, 2.75) is 23.8 Å². The Morgan fingerprint density at radius 1 is 1.47 bits per heavy atom. The zero-order chi connectivity index (χ0) is 14.0. The van der Waals surface area contributed by atoms with Gasteiger partial charge in [0, 0.05) is 13.1 Å². The number of carbonyl (C=O) groups excluding carboxylic acids is 1. The average molecular weight is 305 g/mol. The molecule has 1 aromatic heterocycles. The third-order valence-electron chi connectivity index (χ3n) is 2.61. The number of amides is 1. The van der Waals surface area contributed by atoms with E-state index in [0.29, 0.717) is 0 Å². The monoisotopic (exact) mass is 304 g/mol. The van der Waals surface area contributed by atoms with Crippen LogP contribution in [-0.4, -0.2) is 48.2 Å². The van der Waals surface area contributed by atoms with Gasteiger partial charge in [-0.25, -0.2) is 18.4 Å². The molecule has 104 valence electrons. The van der Waals surface area contributed by atoms with Gasteiger partial charge in [0.1, 0.15) is 4.90 Å². The van der Waals surface area contributed by atoms with E-state index in [4.69, 9.17) is 11.6 Å². The summed E-state index contributed by atoms with van der Waals surface area (Å²) in [5, 5.41) is 2.69. The van der Waals surface area contributed by atoms with E-state index in [1.54, 1.807) is 0 Å². The fourth-order valence-corrected chi connectivity index (χ4v) is 2.52. The molecular formula is C10H13ClN4O3S. The number of rotatable bonds is 5. The number of nitrogens with one attached hydrogen (secondary N) is 1. The number of hydrogen-bond donors (Lipinski definition) is 1. The Kier molecular flexibility index (Phi) is 4.02. The minimum absolute atomic E-state index is 0.0342. The van der Waals surface area contributed by atoms with Crippen molar-refractivity contribution in [3.8, 4) is 0 Å². The average Bonchev–Trinajstić information content (AvgIpc) is 3.13. The number of likely N-dealkylation sites (N-methyl/N-ethyl adjacent to an activating group) is 1. The SMILES string of the molecule is CN(CC(=O)NC1CC1)S(=O)(=O)c1cnc(Cl)nc1. The van der Waals surface area contributed by atoms with Gasteiger partial charge in [-0.1, -0.05) is 0 Å². The van der Waals surface area contributed by atoms with E-state index in [9.17, 15) is 13.2 Å². The molecule has 0 saturated heterocycles. The Hall–Kier alpha value is -1.25. The van der Waals surface area contributed by atoms with E-state index >= 15 is 0 Å². The van der Waals surface area contributed by atoms with Gasteiger partial charge in [0.25, 0.3) is 0 Å². The van der Waals surface area contributed by atoms with E-state index in [2.05, 4.69) is 15.3 Å². The van der Waals surface area contributed by atoms with Crippen LogP contribution in [0.15, 0.2) is 17.3 Å². The normalized spacial score (nSPS) is 15.5. The van der Waals surface area contributed by atoms with Crippen molar-refractivity contribution >= 4 is 27.5 Å². The van der Waals surface area contributed by atoms with Crippen LogP contribution in [0.3, 0.4) is 0 Å². The lowest BCUT2D eigenvalue weighted by Gasteiger charge is -2.16. The maximum atomic E-state index is 12.1. The molecule has 2 rings (SSSR count). The Morgan fingerprint density at radius 2 is 2.05 bits per heavy atom. The summed E-state index contributed by atoms with van der Waals surface area (Å²) >= 11 is 5.50. The van der Waals surface area contributed by atoms with Crippen molar-refractivity contribution < 1.29 is 13.2 Å². The second-order valence-corrected chi connectivity index (χ2v) is 6.67. The van der Waals surface area contributed by atoms with Crippen LogP contribution < -0.4 is 5.32 Å². The molecule has 1 saturated carbocycles. The summed E-state index contributed by atoms with van der Waals surface area (Å²) < 4.78 is 25.2. The minimum Gasteiger partial charge on any atom is -0.352 e. The first-order valence-electron chi connectivity index (χ1n) is 5.63. The molecule has 0 aliphatic heterocycles. The second kappa shape index (κ2) is 5.40. The van der Waals surface area contributed by atoms with Crippen LogP contribution in [0.4, 0.5) is 0 Å². The minimum atomic E-state index is -3.78. The van der Waals surface area contributed by atoms with Crippen molar-refractivity contribution in [2.75, 3.05) is 13.6 Å². The quantitative estimate of drug-likeness (QED) is 0.775. The van der Waals surface area contributed by atoms with E-state index in [0.717, 1.165) is 29.5 Å². The van der Waals surface area contributed by atoms with Crippen molar-refractivity contribution in [1.29, 1.82) is 0 Å². The first kappa shape index (κ1) is 14.2. The van der Waals surface area contributed by atoms with Crippen LogP contribution in [0.1, 0.15) is 12.8 Å². The van der Waals surface area contributed by atoms with Gasteiger partial charge in [0.2, 0.25) is 21.2 Å². The predicted octanol–water partition coefficient (Wildman–Crippen LogP) is 0.0291. The maximum absolute atomic E-state index is 12.1. The molecule has 1 N–H and O–H groups in total. The molecule has 1 fully saturated rings. The Bertz CT molecular complexity index is 571. The molecule has 1 amide bonds. The van der Waals surface area contributed by atoms with Crippen molar-refractivity contribution in [1.82, 2.24) is 19.6 Å². The van der Waals surface area contributed by atoms with Crippen LogP contribution >= 0.6 is 11.6 Å². The molecule has 19 heavy (non-hydrogen) atoms. The molecule has 0 aromatic carbocycles. The molecule has 0 bridgehead atoms. The lowest BCUT2D eigenvalue weighted by Crippen LogP contribution is -2.39. The third kappa shape index (κ3) is 3.62. The third-order valence-corrected chi connectivity index (χ3v) is 4.57. The van der Waals surface area contributed by atoms with Crippen LogP contribution in [-0.2, 0) is 14.8 Å². The van der Waals surface area contributed by atoms with Crippen molar-refractivity contribution in [2.24, 2.45) is 0 Å². The second-order valence-electron chi connectivity index (χ2n) is 4.29. The molecule has 0 atom stereocenters. The van der Waals surface area contributed by atoms with Crippen molar-refractivity contribution in [3.05, 3.63) is 17.7 Å². The van der Waals surface area contributed by atoms with Crippen LogP contribution in [0.25, 0.3) is 0 Å². The molecule has 1 aliphatic carbocycles. The zero-order valence-corrected chi connectivity index (χ0v) is 11.8. The summed E-state index contributed by atoms with van der Waals surface area (Å²) in [6, 6.07) is 0.197. The lowest BCUT2D eigenvalue weighted by molar-refractivity contribution is -0.121. The van der Waals surface area contributed by atoms with Gasteiger partial charge in [-0.2, -0.15) is 4.31 Å². The fraction of sp³-hybridized carbons (Fsp3) is 0.500. The number of hydrogen-bond acceptors (Lipinski definition) is 5. The van der Waals surface area contributed by atoms with E-state index in [-0.39, 0.29) is 28.7 Å². The first-order valence-corrected chi connectivity index (χ1v) is 7.44. The van der Waals surface area contributed by atoms with Gasteiger partial charge < -0.3 is 5.32 Å². The number of sulfonamides is 1. The van der Waals surface area contributed by atoms with Gasteiger partial charge in [-0.05, 0) is 24.4 Å². The molecular weight excluding hydrogens is 292 g/mol. The molecule has 9 heteroatoms. The summed E-state index contributed by atoms with van der Waals surface area (Å²) in [6.45, 7) is -0.235. The Labute approximate surface area is 116 Å². The van der Waals surface area contributed by atoms with E-state index in [1.807, 2.05) is 0 Å². The molecule has 0 unspecified atom stereocenters. The molecule has 0 radical (unpaired) electrons. The number of halogens is 1. The van der Waals surface area contributed by atoms with E-state index in [1.165, 1.54) is 7.05 Å². The topological polar surface area (TPSA) is 92.3 Å². The molecule has 7 nitrogen and oxygen atoms in total. The van der Waals surface area contributed by atoms with Gasteiger partial charge in [-0.15, -0.1) is 0 Å². The van der Waals surface area contributed by atoms with Crippen LogP contribution in [0.5, 0.6) is 0 Å². The highest BCUT2D eigenvalue weighted by molar-refractivity contribution is 7.89. The molecule has 0 spiro atoms. The van der Waals surface area contributed by atoms with Gasteiger partial charge in [-0.3, -0.25) is 4.79 Å². The largest absolute Gasteiger partial charge is 0.352 e. The first-order chi connectivity index (χ1) is 8.89. The predicted molar refractivity (Wildman–Crippen MR) is 68.0 cm³/mol. The van der Waals surface area contributed by atoms with Gasteiger partial charge >= 0.3 is 0 Å². The summed E-state index contributed by atoms with van der Waals surface area (Å²) in [5.74, 6) is -0.316. The van der Waals surface area contributed by atoms with Crippen LogP contribution in [0, 0.1) is 0 Å². The summed E-state index contributed by atoms with van der Waals surface area (Å²) in [4.78, 5) is 18.7. The summed E-state index contributed by atoms with van der Waals surface area (Å²) in [5.41, 5.74) is 0. The highest BCUT2D eigenvalue weighted by Gasteiger charge is 2.27. The standard InChI is InChI=1S/C10H13ClN4O3S/c1-15(6-9(16)14-7-2-3-7)19(17,18)8-4-12-10(11)13-5-8/h4-5,7H,2-3,6H2,1H3,(H,14,16). The smallest absolute Gasteiger partial charge is 0.246 e. The van der Waals surface area contributed by atoms with Gasteiger partial charge in [0.05, 0.1) is 18.9 Å². The maximum Gasteiger partial charge on any atom is 0.246 e. The van der Waals surface area contributed by atoms with Gasteiger partial charge in [0.15, 0.2) is 0 Å². The molecule has 1 aliphatic rings. The van der Waals surface area contributed by atoms with Crippen LogP contribution in [0.2, 0.25) is 5.28 Å². The Morgan fingerprint density at radius 3 is 2.58 bits per heavy atom. The summed E-state index contributed by atoms with van der Waals surface area (Å²) in [7, 11) is -2.45. The summed E-state index contributed by atoms with van der Waals surface area (Å²) in [6.07, 6.45) is 4.13. The molecule has 1 heterocycles. The fourth-order valence-electron chi connectivity index (χ4n) is 1.40. The number of aromatic nitrogens is 2. The highest BCUT2D eigenvalue weighted by atomic mass is 35.5. The zero-order valence-electron chi connectivity index (χ0n) is 10.2. The molecule has 1 aromatic rings.